The van der Waals surface area contributed by atoms with Crippen molar-refractivity contribution in [2.45, 2.75) is 18.8 Å². The maximum absolute atomic E-state index is 5.57. The van der Waals surface area contributed by atoms with Gasteiger partial charge in [0.05, 0.1) is 18.1 Å². The molecule has 2 N–H and O–H groups in total. The number of hydrogen-bond acceptors (Lipinski definition) is 4. The molecule has 5 heteroatoms. The fourth-order valence-corrected chi connectivity index (χ4v) is 1.44. The number of anilines is 1. The van der Waals surface area contributed by atoms with Gasteiger partial charge < -0.3 is 5.73 Å². The SMILES string of the molecule is Nc1cnc2c(C3CC3)nnn2c1. The van der Waals surface area contributed by atoms with Gasteiger partial charge in [0.2, 0.25) is 0 Å². The Morgan fingerprint density at radius 1 is 1.46 bits per heavy atom. The van der Waals surface area contributed by atoms with Gasteiger partial charge in [-0.15, -0.1) is 5.10 Å². The van der Waals surface area contributed by atoms with Gasteiger partial charge in [-0.1, -0.05) is 5.21 Å². The van der Waals surface area contributed by atoms with Crippen LogP contribution < -0.4 is 5.73 Å². The third kappa shape index (κ3) is 0.965. The first-order valence-corrected chi connectivity index (χ1v) is 4.31. The predicted octanol–water partition coefficient (Wildman–Crippen LogP) is 0.584. The fourth-order valence-electron chi connectivity index (χ4n) is 1.44. The fraction of sp³-hybridized carbons (Fsp3) is 0.375. The van der Waals surface area contributed by atoms with Crippen molar-refractivity contribution in [3.05, 3.63) is 18.1 Å². The van der Waals surface area contributed by atoms with Gasteiger partial charge in [0.1, 0.15) is 5.69 Å². The van der Waals surface area contributed by atoms with Crippen molar-refractivity contribution in [2.24, 2.45) is 0 Å². The molecule has 0 aliphatic heterocycles. The molecule has 0 spiro atoms. The lowest BCUT2D eigenvalue weighted by Crippen LogP contribution is -1.94. The lowest BCUT2D eigenvalue weighted by Gasteiger charge is -1.93. The molecular formula is C8H9N5. The van der Waals surface area contributed by atoms with Crippen molar-refractivity contribution in [2.75, 3.05) is 5.73 Å². The average molecular weight is 175 g/mol. The zero-order chi connectivity index (χ0) is 8.84. The maximum atomic E-state index is 5.57. The van der Waals surface area contributed by atoms with Gasteiger partial charge in [0.15, 0.2) is 5.65 Å². The van der Waals surface area contributed by atoms with Crippen molar-refractivity contribution in [1.82, 2.24) is 19.8 Å². The predicted molar refractivity (Wildman–Crippen MR) is 47.2 cm³/mol. The molecule has 1 saturated carbocycles. The van der Waals surface area contributed by atoms with Crippen LogP contribution in [0.4, 0.5) is 5.69 Å². The van der Waals surface area contributed by atoms with Crippen molar-refractivity contribution >= 4 is 11.3 Å². The Hall–Kier alpha value is -1.65. The van der Waals surface area contributed by atoms with E-state index in [9.17, 15) is 0 Å². The second kappa shape index (κ2) is 2.18. The molecule has 1 aliphatic carbocycles. The van der Waals surface area contributed by atoms with Crippen LogP contribution in [0.3, 0.4) is 0 Å². The van der Waals surface area contributed by atoms with Gasteiger partial charge in [0.25, 0.3) is 0 Å². The molecule has 0 aromatic carbocycles. The summed E-state index contributed by atoms with van der Waals surface area (Å²) in [7, 11) is 0. The van der Waals surface area contributed by atoms with E-state index in [-0.39, 0.29) is 0 Å². The summed E-state index contributed by atoms with van der Waals surface area (Å²) in [5.74, 6) is 0.577. The number of nitrogen functional groups attached to an aromatic ring is 1. The van der Waals surface area contributed by atoms with Crippen LogP contribution in [0.2, 0.25) is 0 Å². The van der Waals surface area contributed by atoms with E-state index in [1.165, 1.54) is 12.8 Å². The number of aromatic nitrogens is 4. The minimum Gasteiger partial charge on any atom is -0.396 e. The van der Waals surface area contributed by atoms with Gasteiger partial charge in [-0.25, -0.2) is 4.98 Å². The van der Waals surface area contributed by atoms with Crippen LogP contribution in [0, 0.1) is 0 Å². The zero-order valence-electron chi connectivity index (χ0n) is 7.01. The van der Waals surface area contributed by atoms with E-state index in [0.717, 1.165) is 11.3 Å². The minimum atomic E-state index is 0.577. The summed E-state index contributed by atoms with van der Waals surface area (Å²) in [4.78, 5) is 4.21. The van der Waals surface area contributed by atoms with Crippen LogP contribution in [0.15, 0.2) is 12.4 Å². The van der Waals surface area contributed by atoms with Crippen molar-refractivity contribution in [1.29, 1.82) is 0 Å². The van der Waals surface area contributed by atoms with E-state index in [1.54, 1.807) is 16.9 Å². The third-order valence-corrected chi connectivity index (χ3v) is 2.27. The van der Waals surface area contributed by atoms with Gasteiger partial charge in [0, 0.05) is 5.92 Å². The molecule has 0 amide bonds. The standard InChI is InChI=1S/C8H9N5/c9-6-3-10-8-7(5-1-2-5)11-12-13(8)4-6/h3-5H,1-2,9H2. The number of hydrogen-bond donors (Lipinski definition) is 1. The summed E-state index contributed by atoms with van der Waals surface area (Å²) in [5, 5.41) is 8.06. The summed E-state index contributed by atoms with van der Waals surface area (Å²) >= 11 is 0. The highest BCUT2D eigenvalue weighted by Crippen LogP contribution is 2.40. The third-order valence-electron chi connectivity index (χ3n) is 2.27. The summed E-state index contributed by atoms with van der Waals surface area (Å²) in [6, 6.07) is 0. The van der Waals surface area contributed by atoms with Crippen LogP contribution in [-0.2, 0) is 0 Å². The molecule has 0 saturated heterocycles. The molecule has 13 heavy (non-hydrogen) atoms. The quantitative estimate of drug-likeness (QED) is 0.688. The van der Waals surface area contributed by atoms with Gasteiger partial charge in [-0.2, -0.15) is 4.52 Å². The Morgan fingerprint density at radius 2 is 2.31 bits per heavy atom. The van der Waals surface area contributed by atoms with Gasteiger partial charge >= 0.3 is 0 Å². The Balaban J connectivity index is 2.26. The Kier molecular flexibility index (Phi) is 1.15. The number of nitrogens with zero attached hydrogens (tertiary/aromatic N) is 4. The Labute approximate surface area is 74.6 Å². The van der Waals surface area contributed by atoms with Crippen LogP contribution in [0.25, 0.3) is 5.65 Å². The first kappa shape index (κ1) is 6.82. The maximum Gasteiger partial charge on any atom is 0.179 e. The van der Waals surface area contributed by atoms with Crippen molar-refractivity contribution < 1.29 is 0 Å². The molecular weight excluding hydrogens is 166 g/mol. The molecule has 1 aliphatic rings. The summed E-state index contributed by atoms with van der Waals surface area (Å²) < 4.78 is 1.64. The Bertz CT molecular complexity index is 457. The van der Waals surface area contributed by atoms with Crippen LogP contribution in [-0.4, -0.2) is 19.8 Å². The van der Waals surface area contributed by atoms with Crippen LogP contribution in [0.1, 0.15) is 24.5 Å². The van der Waals surface area contributed by atoms with E-state index >= 15 is 0 Å². The van der Waals surface area contributed by atoms with E-state index in [1.807, 2.05) is 0 Å². The first-order valence-electron chi connectivity index (χ1n) is 4.31. The van der Waals surface area contributed by atoms with Crippen molar-refractivity contribution in [3.63, 3.8) is 0 Å². The van der Waals surface area contributed by atoms with Gasteiger partial charge in [-0.05, 0) is 12.8 Å². The summed E-state index contributed by atoms with van der Waals surface area (Å²) in [6.45, 7) is 0. The number of rotatable bonds is 1. The molecule has 0 bridgehead atoms. The monoisotopic (exact) mass is 175 g/mol. The van der Waals surface area contributed by atoms with E-state index in [2.05, 4.69) is 15.3 Å². The molecule has 2 aromatic rings. The lowest BCUT2D eigenvalue weighted by molar-refractivity contribution is 0.835. The Morgan fingerprint density at radius 3 is 3.08 bits per heavy atom. The largest absolute Gasteiger partial charge is 0.396 e. The van der Waals surface area contributed by atoms with E-state index in [4.69, 9.17) is 5.73 Å². The van der Waals surface area contributed by atoms with E-state index < -0.39 is 0 Å². The normalized spacial score (nSPS) is 16.6. The molecule has 0 unspecified atom stereocenters. The summed E-state index contributed by atoms with van der Waals surface area (Å²) in [5.41, 5.74) is 8.04. The highest BCUT2D eigenvalue weighted by molar-refractivity contribution is 5.49. The highest BCUT2D eigenvalue weighted by Gasteiger charge is 2.29. The smallest absolute Gasteiger partial charge is 0.179 e. The van der Waals surface area contributed by atoms with Crippen molar-refractivity contribution in [3.8, 4) is 0 Å². The lowest BCUT2D eigenvalue weighted by atomic mass is 10.3. The average Bonchev–Trinajstić information content (AvgIpc) is 2.87. The molecule has 3 rings (SSSR count). The first-order chi connectivity index (χ1) is 6.34. The van der Waals surface area contributed by atoms with Crippen LogP contribution >= 0.6 is 0 Å². The molecule has 2 aromatic heterocycles. The number of fused-ring (bicyclic) bond motifs is 1. The molecule has 1 fully saturated rings. The zero-order valence-corrected chi connectivity index (χ0v) is 7.01. The molecule has 5 nitrogen and oxygen atoms in total. The second-order valence-corrected chi connectivity index (χ2v) is 3.40. The molecule has 2 heterocycles. The van der Waals surface area contributed by atoms with Crippen LogP contribution in [0.5, 0.6) is 0 Å². The molecule has 0 radical (unpaired) electrons. The number of nitrogens with two attached hydrogens (primary N) is 1. The summed E-state index contributed by atoms with van der Waals surface area (Å²) in [6.07, 6.45) is 5.80. The molecule has 66 valence electrons. The highest BCUT2D eigenvalue weighted by atomic mass is 15.4. The van der Waals surface area contributed by atoms with Gasteiger partial charge in [-0.3, -0.25) is 0 Å². The minimum absolute atomic E-state index is 0.577. The second-order valence-electron chi connectivity index (χ2n) is 3.40. The van der Waals surface area contributed by atoms with E-state index in [0.29, 0.717) is 11.6 Å². The molecule has 0 atom stereocenters. The topological polar surface area (TPSA) is 69.1 Å².